The summed E-state index contributed by atoms with van der Waals surface area (Å²) < 4.78 is 0. The largest absolute Gasteiger partial charge is 2.00 e. The molecule has 0 spiro atoms. The number of phenols is 1. The predicted octanol–water partition coefficient (Wildman–Crippen LogP) is 1.03. The first-order valence-electron chi connectivity index (χ1n) is 3.48. The molecule has 0 saturated heterocycles. The summed E-state index contributed by atoms with van der Waals surface area (Å²) in [7, 11) is 3.50. The quantitative estimate of drug-likeness (QED) is 0.557. The minimum absolute atomic E-state index is 0. The summed E-state index contributed by atoms with van der Waals surface area (Å²) in [4.78, 5) is 0. The Morgan fingerprint density at radius 3 is 2.38 bits per heavy atom. The first-order chi connectivity index (χ1) is 5.84. The van der Waals surface area contributed by atoms with Gasteiger partial charge in [-0.05, 0) is 18.1 Å². The van der Waals surface area contributed by atoms with Crippen LogP contribution in [0.2, 0.25) is 0 Å². The average molecular weight is 204 g/mol. The molecule has 0 aromatic heterocycles. The SMILES string of the molecule is C=CCc1ccccc1O.[B]O.[Ca+2].[H-].[H-]. The molecule has 1 aromatic carbocycles. The average Bonchev–Trinajstić information content (AvgIpc) is 2.13. The summed E-state index contributed by atoms with van der Waals surface area (Å²) in [6.45, 7) is 3.59. The van der Waals surface area contributed by atoms with Crippen molar-refractivity contribution >= 4 is 45.8 Å². The molecule has 0 amide bonds. The van der Waals surface area contributed by atoms with Gasteiger partial charge in [0.1, 0.15) is 5.75 Å². The number of allylic oxidation sites excluding steroid dienone is 1. The van der Waals surface area contributed by atoms with Gasteiger partial charge >= 0.3 is 37.7 Å². The summed E-state index contributed by atoms with van der Waals surface area (Å²) in [6, 6.07) is 7.27. The fourth-order valence-electron chi connectivity index (χ4n) is 0.839. The van der Waals surface area contributed by atoms with Crippen molar-refractivity contribution in [2.24, 2.45) is 0 Å². The zero-order chi connectivity index (χ0) is 9.40. The van der Waals surface area contributed by atoms with Crippen molar-refractivity contribution in [3.8, 4) is 5.75 Å². The van der Waals surface area contributed by atoms with Gasteiger partial charge in [0.25, 0.3) is 8.05 Å². The molecule has 0 heterocycles. The molecule has 2 radical (unpaired) electrons. The summed E-state index contributed by atoms with van der Waals surface area (Å²) in [5.41, 5.74) is 0.928. The third kappa shape index (κ3) is 6.16. The summed E-state index contributed by atoms with van der Waals surface area (Å²) >= 11 is 0. The van der Waals surface area contributed by atoms with Gasteiger partial charge in [-0.2, -0.15) is 0 Å². The molecule has 1 rings (SSSR count). The molecule has 0 saturated carbocycles. The monoisotopic (exact) mass is 204 g/mol. The number of phenolic OH excluding ortho intramolecular Hbond substituents is 1. The van der Waals surface area contributed by atoms with Crippen molar-refractivity contribution in [2.45, 2.75) is 6.42 Å². The smallest absolute Gasteiger partial charge is 1.00 e. The molecule has 0 unspecified atom stereocenters. The predicted molar refractivity (Wildman–Crippen MR) is 58.0 cm³/mol. The van der Waals surface area contributed by atoms with E-state index in [1.54, 1.807) is 12.1 Å². The number of para-hydroxylation sites is 1. The van der Waals surface area contributed by atoms with Crippen LogP contribution in [0, 0.1) is 0 Å². The van der Waals surface area contributed by atoms with Crippen LogP contribution in [0.15, 0.2) is 36.9 Å². The maximum absolute atomic E-state index is 9.19. The summed E-state index contributed by atoms with van der Waals surface area (Å²) in [5, 5.41) is 15.7. The van der Waals surface area contributed by atoms with Crippen LogP contribution in [0.5, 0.6) is 5.75 Å². The standard InChI is InChI=1S/C9H10O.BHO.Ca.2H/c1-2-5-8-6-3-4-7-9(8)10;1-2;;;/h2-4,6-7,10H,1,5H2;2H;;;/q;;+2;2*-1. The van der Waals surface area contributed by atoms with Crippen LogP contribution in [0.25, 0.3) is 0 Å². The Morgan fingerprint density at radius 1 is 1.38 bits per heavy atom. The van der Waals surface area contributed by atoms with Gasteiger partial charge < -0.3 is 13.0 Å². The maximum Gasteiger partial charge on any atom is 2.00 e. The molecule has 0 fully saturated rings. The Hall–Kier alpha value is 0.0447. The van der Waals surface area contributed by atoms with E-state index in [0.717, 1.165) is 12.0 Å². The van der Waals surface area contributed by atoms with Crippen LogP contribution in [-0.2, 0) is 6.42 Å². The molecular weight excluding hydrogens is 191 g/mol. The van der Waals surface area contributed by atoms with Gasteiger partial charge in [-0.3, -0.25) is 0 Å². The van der Waals surface area contributed by atoms with Gasteiger partial charge in [-0.25, -0.2) is 0 Å². The molecule has 0 bridgehead atoms. The summed E-state index contributed by atoms with van der Waals surface area (Å²) in [6.07, 6.45) is 2.50. The molecule has 0 atom stereocenters. The van der Waals surface area contributed by atoms with E-state index in [2.05, 4.69) is 14.6 Å². The Balaban J connectivity index is -0.000000114. The van der Waals surface area contributed by atoms with Gasteiger partial charge in [-0.15, -0.1) is 6.58 Å². The van der Waals surface area contributed by atoms with E-state index in [1.165, 1.54) is 0 Å². The van der Waals surface area contributed by atoms with Crippen LogP contribution in [0.3, 0.4) is 0 Å². The van der Waals surface area contributed by atoms with Gasteiger partial charge in [0, 0.05) is 0 Å². The van der Waals surface area contributed by atoms with Crippen LogP contribution < -0.4 is 0 Å². The minimum Gasteiger partial charge on any atom is -1.00 e. The number of rotatable bonds is 2. The molecule has 1 aromatic rings. The third-order valence-corrected chi connectivity index (χ3v) is 1.36. The second kappa shape index (κ2) is 10.1. The van der Waals surface area contributed by atoms with E-state index in [1.807, 2.05) is 18.2 Å². The first kappa shape index (κ1) is 15.5. The van der Waals surface area contributed by atoms with Crippen molar-refractivity contribution in [1.29, 1.82) is 0 Å². The summed E-state index contributed by atoms with van der Waals surface area (Å²) in [5.74, 6) is 0.349. The Labute approximate surface area is 113 Å². The van der Waals surface area contributed by atoms with Crippen molar-refractivity contribution in [1.82, 2.24) is 0 Å². The molecule has 13 heavy (non-hydrogen) atoms. The minimum atomic E-state index is 0. The molecule has 0 aliphatic rings. The van der Waals surface area contributed by atoms with E-state index in [4.69, 9.17) is 5.02 Å². The first-order valence-corrected chi connectivity index (χ1v) is 3.48. The number of hydrogen-bond acceptors (Lipinski definition) is 2. The number of aromatic hydroxyl groups is 1. The topological polar surface area (TPSA) is 40.5 Å². The molecule has 0 aliphatic carbocycles. The van der Waals surface area contributed by atoms with E-state index < -0.39 is 0 Å². The fourth-order valence-corrected chi connectivity index (χ4v) is 0.839. The molecular formula is C9H13BCaO2. The molecule has 4 heteroatoms. The van der Waals surface area contributed by atoms with E-state index in [-0.39, 0.29) is 40.6 Å². The van der Waals surface area contributed by atoms with Gasteiger partial charge in [0.2, 0.25) is 0 Å². The molecule has 0 aliphatic heterocycles. The van der Waals surface area contributed by atoms with Crippen molar-refractivity contribution in [3.63, 3.8) is 0 Å². The number of hydrogen-bond donors (Lipinski definition) is 2. The number of benzene rings is 1. The van der Waals surface area contributed by atoms with Gasteiger partial charge in [0.05, 0.1) is 0 Å². The van der Waals surface area contributed by atoms with Crippen LogP contribution in [0.1, 0.15) is 8.42 Å². The van der Waals surface area contributed by atoms with Crippen LogP contribution in [0.4, 0.5) is 0 Å². The zero-order valence-corrected chi connectivity index (χ0v) is 9.69. The second-order valence-corrected chi connectivity index (χ2v) is 2.12. The Morgan fingerprint density at radius 2 is 1.92 bits per heavy atom. The van der Waals surface area contributed by atoms with Crippen LogP contribution >= 0.6 is 0 Å². The van der Waals surface area contributed by atoms with Crippen molar-refractivity contribution < 1.29 is 13.0 Å². The maximum atomic E-state index is 9.19. The van der Waals surface area contributed by atoms with Gasteiger partial charge in [-0.1, -0.05) is 24.3 Å². The van der Waals surface area contributed by atoms with E-state index >= 15 is 0 Å². The second-order valence-electron chi connectivity index (χ2n) is 2.12. The van der Waals surface area contributed by atoms with Crippen molar-refractivity contribution in [3.05, 3.63) is 42.5 Å². The fraction of sp³-hybridized carbons (Fsp3) is 0.111. The van der Waals surface area contributed by atoms with E-state index in [9.17, 15) is 5.11 Å². The van der Waals surface area contributed by atoms with Gasteiger partial charge in [0.15, 0.2) is 0 Å². The third-order valence-electron chi connectivity index (χ3n) is 1.36. The normalized spacial score (nSPS) is 7.46. The molecule has 66 valence electrons. The Kier molecular flexibility index (Phi) is 12.1. The Bertz CT molecular complexity index is 249. The molecule has 2 nitrogen and oxygen atoms in total. The van der Waals surface area contributed by atoms with Crippen molar-refractivity contribution in [2.75, 3.05) is 0 Å². The molecule has 2 N–H and O–H groups in total. The zero-order valence-electron chi connectivity index (χ0n) is 9.48. The van der Waals surface area contributed by atoms with E-state index in [0.29, 0.717) is 5.75 Å². The van der Waals surface area contributed by atoms with Crippen LogP contribution in [-0.4, -0.2) is 55.9 Å².